The number of nitro groups is 2. The summed E-state index contributed by atoms with van der Waals surface area (Å²) in [4.78, 5) is 20.7. The molecule has 0 aliphatic carbocycles. The zero-order valence-electron chi connectivity index (χ0n) is 13.3. The highest BCUT2D eigenvalue weighted by Crippen LogP contribution is 2.33. The molecule has 0 unspecified atom stereocenters. The molecule has 132 valence electrons. The summed E-state index contributed by atoms with van der Waals surface area (Å²) in [5.74, 6) is 0.736. The summed E-state index contributed by atoms with van der Waals surface area (Å²) in [6.07, 6.45) is 0. The Labute approximate surface area is 143 Å². The van der Waals surface area contributed by atoms with E-state index in [4.69, 9.17) is 9.47 Å². The molecule has 0 atom stereocenters. The first-order valence-corrected chi connectivity index (χ1v) is 7.51. The Hall–Kier alpha value is -3.20. The monoisotopic (exact) mass is 347 g/mol. The number of hydrogen-bond acceptors (Lipinski definition) is 7. The molecule has 0 radical (unpaired) electrons. The van der Waals surface area contributed by atoms with Crippen LogP contribution in [-0.2, 0) is 4.74 Å². The Bertz CT molecular complexity index is 691. The quantitative estimate of drug-likeness (QED) is 0.399. The van der Waals surface area contributed by atoms with Gasteiger partial charge < -0.3 is 14.8 Å². The molecule has 0 aliphatic heterocycles. The number of anilines is 1. The van der Waals surface area contributed by atoms with E-state index in [1.165, 1.54) is 18.2 Å². The summed E-state index contributed by atoms with van der Waals surface area (Å²) in [5, 5.41) is 24.7. The van der Waals surface area contributed by atoms with Crippen molar-refractivity contribution < 1.29 is 19.3 Å². The second kappa shape index (κ2) is 9.18. The first kappa shape index (κ1) is 18.1. The van der Waals surface area contributed by atoms with Crippen molar-refractivity contribution in [2.24, 2.45) is 0 Å². The van der Waals surface area contributed by atoms with Gasteiger partial charge in [-0.3, -0.25) is 20.2 Å². The van der Waals surface area contributed by atoms with Crippen molar-refractivity contribution in [1.82, 2.24) is 0 Å². The number of nitro benzene ring substituents is 2. The Kier molecular flexibility index (Phi) is 6.66. The number of nitrogens with one attached hydrogen (secondary N) is 1. The topological polar surface area (TPSA) is 117 Å². The van der Waals surface area contributed by atoms with E-state index in [0.717, 1.165) is 5.75 Å². The third-order valence-corrected chi connectivity index (χ3v) is 3.20. The van der Waals surface area contributed by atoms with Crippen LogP contribution >= 0.6 is 0 Å². The average molecular weight is 347 g/mol. The van der Waals surface area contributed by atoms with E-state index in [1.54, 1.807) is 0 Å². The zero-order valence-corrected chi connectivity index (χ0v) is 13.3. The maximum absolute atomic E-state index is 11.0. The molecule has 0 bridgehead atoms. The third kappa shape index (κ3) is 5.43. The van der Waals surface area contributed by atoms with Gasteiger partial charge >= 0.3 is 0 Å². The van der Waals surface area contributed by atoms with Crippen LogP contribution in [0.15, 0.2) is 48.5 Å². The van der Waals surface area contributed by atoms with Crippen LogP contribution in [0.25, 0.3) is 0 Å². The van der Waals surface area contributed by atoms with Crippen LogP contribution in [-0.4, -0.2) is 36.2 Å². The summed E-state index contributed by atoms with van der Waals surface area (Å²) in [6, 6.07) is 13.0. The molecule has 2 aromatic rings. The summed E-state index contributed by atoms with van der Waals surface area (Å²) < 4.78 is 10.8. The van der Waals surface area contributed by atoms with Crippen molar-refractivity contribution in [1.29, 1.82) is 0 Å². The lowest BCUT2D eigenvalue weighted by molar-refractivity contribution is -0.392. The van der Waals surface area contributed by atoms with Crippen LogP contribution in [0.3, 0.4) is 0 Å². The van der Waals surface area contributed by atoms with E-state index in [2.05, 4.69) is 5.32 Å². The molecule has 0 spiro atoms. The molecule has 2 rings (SSSR count). The van der Waals surface area contributed by atoms with Crippen molar-refractivity contribution in [3.8, 4) is 5.75 Å². The molecule has 0 aromatic heterocycles. The van der Waals surface area contributed by atoms with Gasteiger partial charge in [-0.25, -0.2) is 0 Å². The smallest absolute Gasteiger partial charge is 0.299 e. The van der Waals surface area contributed by atoms with Crippen LogP contribution < -0.4 is 10.1 Å². The van der Waals surface area contributed by atoms with Crippen LogP contribution in [0.4, 0.5) is 17.1 Å². The van der Waals surface area contributed by atoms with Gasteiger partial charge in [-0.05, 0) is 18.2 Å². The highest BCUT2D eigenvalue weighted by molar-refractivity contribution is 5.73. The number of nitrogens with zero attached hydrogens (tertiary/aromatic N) is 2. The highest BCUT2D eigenvalue weighted by atomic mass is 16.6. The fourth-order valence-electron chi connectivity index (χ4n) is 2.10. The van der Waals surface area contributed by atoms with Gasteiger partial charge in [0.25, 0.3) is 11.4 Å². The lowest BCUT2D eigenvalue weighted by Gasteiger charge is -2.09. The predicted molar refractivity (Wildman–Crippen MR) is 91.0 cm³/mol. The Morgan fingerprint density at radius 3 is 2.08 bits per heavy atom. The first-order chi connectivity index (χ1) is 12.1. The summed E-state index contributed by atoms with van der Waals surface area (Å²) >= 11 is 0. The van der Waals surface area contributed by atoms with Crippen molar-refractivity contribution in [3.63, 3.8) is 0 Å². The van der Waals surface area contributed by atoms with E-state index in [1.807, 2.05) is 30.3 Å². The SMILES string of the molecule is O=[N+]([O-])c1cccc([N+](=O)[O-])c1NCCOCCOc1ccccc1. The molecule has 1 N–H and O–H groups in total. The fourth-order valence-corrected chi connectivity index (χ4v) is 2.10. The largest absolute Gasteiger partial charge is 0.491 e. The van der Waals surface area contributed by atoms with E-state index < -0.39 is 9.85 Å². The molecule has 0 saturated heterocycles. The predicted octanol–water partition coefficient (Wildman–Crippen LogP) is 3.01. The minimum absolute atomic E-state index is 0.123. The van der Waals surface area contributed by atoms with Gasteiger partial charge in [0.05, 0.1) is 23.1 Å². The molecular weight excluding hydrogens is 330 g/mol. The summed E-state index contributed by atoms with van der Waals surface area (Å²) in [5.41, 5.74) is -0.815. The molecule has 0 heterocycles. The molecule has 9 nitrogen and oxygen atoms in total. The lowest BCUT2D eigenvalue weighted by Crippen LogP contribution is -2.14. The van der Waals surface area contributed by atoms with Gasteiger partial charge in [-0.15, -0.1) is 0 Å². The lowest BCUT2D eigenvalue weighted by atomic mass is 10.2. The molecule has 2 aromatic carbocycles. The number of benzene rings is 2. The van der Waals surface area contributed by atoms with Gasteiger partial charge in [-0.2, -0.15) is 0 Å². The van der Waals surface area contributed by atoms with Gasteiger partial charge in [-0.1, -0.05) is 18.2 Å². The second-order valence-electron chi connectivity index (χ2n) is 4.89. The van der Waals surface area contributed by atoms with Gasteiger partial charge in [0, 0.05) is 18.7 Å². The standard InChI is InChI=1S/C16H17N3O6/c20-18(21)14-7-4-8-15(19(22)23)16(14)17-9-10-24-11-12-25-13-5-2-1-3-6-13/h1-8,17H,9-12H2. The van der Waals surface area contributed by atoms with Gasteiger partial charge in [0.1, 0.15) is 12.4 Å². The Morgan fingerprint density at radius 2 is 1.48 bits per heavy atom. The van der Waals surface area contributed by atoms with Crippen LogP contribution in [0, 0.1) is 20.2 Å². The highest BCUT2D eigenvalue weighted by Gasteiger charge is 2.24. The number of ether oxygens (including phenoxy) is 2. The summed E-state index contributed by atoms with van der Waals surface area (Å²) in [7, 11) is 0. The minimum atomic E-state index is -0.663. The molecule has 9 heteroatoms. The van der Waals surface area contributed by atoms with Crippen molar-refractivity contribution in [2.45, 2.75) is 0 Å². The zero-order chi connectivity index (χ0) is 18.1. The Balaban J connectivity index is 1.78. The maximum atomic E-state index is 11.0. The Morgan fingerprint density at radius 1 is 0.840 bits per heavy atom. The van der Waals surface area contributed by atoms with Crippen LogP contribution in [0.2, 0.25) is 0 Å². The number of para-hydroxylation sites is 2. The maximum Gasteiger partial charge on any atom is 0.299 e. The van der Waals surface area contributed by atoms with Crippen LogP contribution in [0.1, 0.15) is 0 Å². The molecular formula is C16H17N3O6. The summed E-state index contributed by atoms with van der Waals surface area (Å²) in [6.45, 7) is 1.10. The van der Waals surface area contributed by atoms with Gasteiger partial charge in [0.15, 0.2) is 5.69 Å². The minimum Gasteiger partial charge on any atom is -0.491 e. The molecule has 0 aliphatic rings. The number of rotatable bonds is 10. The molecule has 0 amide bonds. The van der Waals surface area contributed by atoms with E-state index >= 15 is 0 Å². The average Bonchev–Trinajstić information content (AvgIpc) is 2.61. The van der Waals surface area contributed by atoms with E-state index in [0.29, 0.717) is 13.2 Å². The molecule has 0 saturated carbocycles. The fraction of sp³-hybridized carbons (Fsp3) is 0.250. The van der Waals surface area contributed by atoms with E-state index in [9.17, 15) is 20.2 Å². The second-order valence-corrected chi connectivity index (χ2v) is 4.89. The van der Waals surface area contributed by atoms with E-state index in [-0.39, 0.29) is 30.2 Å². The molecule has 25 heavy (non-hydrogen) atoms. The first-order valence-electron chi connectivity index (χ1n) is 7.51. The number of hydrogen-bond donors (Lipinski definition) is 1. The van der Waals surface area contributed by atoms with Gasteiger partial charge in [0.2, 0.25) is 0 Å². The van der Waals surface area contributed by atoms with Crippen molar-refractivity contribution in [2.75, 3.05) is 31.7 Å². The van der Waals surface area contributed by atoms with Crippen molar-refractivity contribution in [3.05, 3.63) is 68.8 Å². The normalized spacial score (nSPS) is 10.2. The third-order valence-electron chi connectivity index (χ3n) is 3.20. The van der Waals surface area contributed by atoms with Crippen LogP contribution in [0.5, 0.6) is 5.75 Å². The molecule has 0 fully saturated rings. The van der Waals surface area contributed by atoms with Crippen molar-refractivity contribution >= 4 is 17.1 Å².